The number of hydrogen-bond donors (Lipinski definition) is 0. The topological polar surface area (TPSA) is 46.6 Å². The van der Waals surface area contributed by atoms with Crippen molar-refractivity contribution >= 4 is 21.4 Å². The summed E-state index contributed by atoms with van der Waals surface area (Å²) in [6, 6.07) is 0. The van der Waals surface area contributed by atoms with Gasteiger partial charge in [0.25, 0.3) is 0 Å². The fraction of sp³-hybridized carbons (Fsp3) is 1.00. The monoisotopic (exact) mass is 285 g/mol. The van der Waals surface area contributed by atoms with E-state index in [1.165, 1.54) is 0 Å². The summed E-state index contributed by atoms with van der Waals surface area (Å²) in [5, 5.41) is -0.109. The number of rotatable bonds is 7. The fourth-order valence-corrected chi connectivity index (χ4v) is 2.77. The van der Waals surface area contributed by atoms with E-state index >= 15 is 0 Å². The van der Waals surface area contributed by atoms with Crippen LogP contribution in [0.4, 0.5) is 0 Å². The summed E-state index contributed by atoms with van der Waals surface area (Å²) >= 11 is 6.00. The van der Waals surface area contributed by atoms with Crippen molar-refractivity contribution in [3.05, 3.63) is 0 Å². The average molecular weight is 286 g/mol. The van der Waals surface area contributed by atoms with Gasteiger partial charge in [-0.2, -0.15) is 0 Å². The molecule has 0 aliphatic rings. The van der Waals surface area contributed by atoms with Crippen LogP contribution in [0.3, 0.4) is 0 Å². The molecule has 104 valence electrons. The fourth-order valence-electron chi connectivity index (χ4n) is 1.25. The van der Waals surface area contributed by atoms with E-state index in [2.05, 4.69) is 0 Å². The first-order valence-electron chi connectivity index (χ1n) is 5.64. The molecule has 0 spiro atoms. The van der Waals surface area contributed by atoms with Crippen LogP contribution in [0.2, 0.25) is 0 Å². The van der Waals surface area contributed by atoms with Gasteiger partial charge in [-0.25, -0.2) is 8.42 Å². The number of methoxy groups -OCH3 is 1. The summed E-state index contributed by atoms with van der Waals surface area (Å²) in [5.41, 5.74) is 0. The Labute approximate surface area is 110 Å². The molecule has 0 fully saturated rings. The molecule has 0 heterocycles. The summed E-state index contributed by atoms with van der Waals surface area (Å²) in [6.45, 7) is 6.74. The Bertz CT molecular complexity index is 311. The number of alkyl halides is 1. The average Bonchev–Trinajstić information content (AvgIpc) is 2.13. The molecular formula is C11H24ClNO3S. The van der Waals surface area contributed by atoms with Crippen LogP contribution in [-0.2, 0) is 14.6 Å². The van der Waals surface area contributed by atoms with Gasteiger partial charge >= 0.3 is 0 Å². The predicted molar refractivity (Wildman–Crippen MR) is 72.6 cm³/mol. The highest BCUT2D eigenvalue weighted by molar-refractivity contribution is 7.92. The van der Waals surface area contributed by atoms with Crippen molar-refractivity contribution in [2.45, 2.75) is 30.9 Å². The number of ether oxygens (including phenoxy) is 1. The van der Waals surface area contributed by atoms with E-state index in [1.807, 2.05) is 11.9 Å². The molecule has 17 heavy (non-hydrogen) atoms. The Morgan fingerprint density at radius 1 is 1.35 bits per heavy atom. The van der Waals surface area contributed by atoms with Gasteiger partial charge in [-0.15, -0.1) is 11.6 Å². The minimum atomic E-state index is -3.06. The molecule has 1 unspecified atom stereocenters. The van der Waals surface area contributed by atoms with Crippen LogP contribution in [0, 0.1) is 0 Å². The van der Waals surface area contributed by atoms with Crippen LogP contribution < -0.4 is 0 Å². The number of nitrogens with zero attached hydrogens (tertiary/aromatic N) is 1. The van der Waals surface area contributed by atoms with E-state index in [4.69, 9.17) is 16.3 Å². The first kappa shape index (κ1) is 17.2. The smallest absolute Gasteiger partial charge is 0.156 e. The summed E-state index contributed by atoms with van der Waals surface area (Å²) in [6.07, 6.45) is 0. The Balaban J connectivity index is 4.13. The zero-order valence-corrected chi connectivity index (χ0v) is 12.9. The second kappa shape index (κ2) is 6.92. The molecule has 0 aromatic heterocycles. The molecule has 0 aromatic rings. The van der Waals surface area contributed by atoms with Crippen molar-refractivity contribution in [2.75, 3.05) is 39.6 Å². The maximum atomic E-state index is 11.9. The lowest BCUT2D eigenvalue weighted by Gasteiger charge is -2.23. The van der Waals surface area contributed by atoms with Crippen molar-refractivity contribution in [3.63, 3.8) is 0 Å². The first-order chi connectivity index (χ1) is 7.60. The van der Waals surface area contributed by atoms with Crippen molar-refractivity contribution in [3.8, 4) is 0 Å². The lowest BCUT2D eigenvalue weighted by Crippen LogP contribution is -2.37. The molecule has 0 aromatic carbocycles. The van der Waals surface area contributed by atoms with Gasteiger partial charge in [-0.3, -0.25) is 0 Å². The Hall–Kier alpha value is 0.160. The zero-order valence-electron chi connectivity index (χ0n) is 11.4. The molecule has 0 aliphatic carbocycles. The molecule has 0 saturated carbocycles. The van der Waals surface area contributed by atoms with Crippen LogP contribution in [0.1, 0.15) is 20.8 Å². The van der Waals surface area contributed by atoms with Gasteiger partial charge in [0.1, 0.15) is 0 Å². The molecule has 0 radical (unpaired) electrons. The Morgan fingerprint density at radius 3 is 2.29 bits per heavy atom. The van der Waals surface area contributed by atoms with Gasteiger partial charge in [0.05, 0.1) is 22.5 Å². The van der Waals surface area contributed by atoms with E-state index in [9.17, 15) is 8.42 Å². The van der Waals surface area contributed by atoms with Crippen molar-refractivity contribution in [1.29, 1.82) is 0 Å². The van der Waals surface area contributed by atoms with Gasteiger partial charge in [0.15, 0.2) is 9.84 Å². The third kappa shape index (κ3) is 6.60. The lowest BCUT2D eigenvalue weighted by atomic mass is 10.3. The van der Waals surface area contributed by atoms with Crippen molar-refractivity contribution in [1.82, 2.24) is 4.90 Å². The van der Waals surface area contributed by atoms with E-state index in [0.717, 1.165) is 0 Å². The molecule has 0 saturated heterocycles. The first-order valence-corrected chi connectivity index (χ1v) is 7.73. The van der Waals surface area contributed by atoms with Crippen LogP contribution in [-0.4, -0.2) is 63.0 Å². The van der Waals surface area contributed by atoms with Gasteiger partial charge in [-0.1, -0.05) is 0 Å². The molecular weight excluding hydrogens is 262 g/mol. The lowest BCUT2D eigenvalue weighted by molar-refractivity contribution is 0.184. The summed E-state index contributed by atoms with van der Waals surface area (Å²) < 4.78 is 28.0. The summed E-state index contributed by atoms with van der Waals surface area (Å²) in [5.74, 6) is 0.156. The number of sulfone groups is 1. The highest BCUT2D eigenvalue weighted by Crippen LogP contribution is 2.15. The minimum Gasteiger partial charge on any atom is -0.383 e. The van der Waals surface area contributed by atoms with E-state index < -0.39 is 14.6 Å². The zero-order chi connectivity index (χ0) is 13.7. The third-order valence-electron chi connectivity index (χ3n) is 2.53. The molecule has 0 rings (SSSR count). The Morgan fingerprint density at radius 2 is 1.88 bits per heavy atom. The van der Waals surface area contributed by atoms with Gasteiger partial charge in [-0.05, 0) is 27.8 Å². The van der Waals surface area contributed by atoms with E-state index in [-0.39, 0.29) is 11.1 Å². The summed E-state index contributed by atoms with van der Waals surface area (Å²) in [4.78, 5) is 1.92. The Kier molecular flexibility index (Phi) is 6.99. The number of hydrogen-bond acceptors (Lipinski definition) is 4. The van der Waals surface area contributed by atoms with Crippen LogP contribution >= 0.6 is 11.6 Å². The number of halogens is 1. The standard InChI is InChI=1S/C11H24ClNO3S/c1-11(2,3)17(14,15)7-6-13(4)8-10(12)9-16-5/h10H,6-9H2,1-5H3. The highest BCUT2D eigenvalue weighted by Gasteiger charge is 2.28. The largest absolute Gasteiger partial charge is 0.383 e. The molecule has 0 amide bonds. The second-order valence-corrected chi connectivity index (χ2v) is 8.73. The van der Waals surface area contributed by atoms with Gasteiger partial charge in [0.2, 0.25) is 0 Å². The van der Waals surface area contributed by atoms with Gasteiger partial charge < -0.3 is 9.64 Å². The van der Waals surface area contributed by atoms with Crippen LogP contribution in [0.5, 0.6) is 0 Å². The summed E-state index contributed by atoms with van der Waals surface area (Å²) in [7, 11) is 0.404. The quantitative estimate of drug-likeness (QED) is 0.663. The normalized spacial score (nSPS) is 15.2. The molecule has 1 atom stereocenters. The molecule has 6 heteroatoms. The molecule has 0 N–H and O–H groups in total. The second-order valence-electron chi connectivity index (χ2n) is 5.25. The van der Waals surface area contributed by atoms with Crippen LogP contribution in [0.15, 0.2) is 0 Å². The maximum Gasteiger partial charge on any atom is 0.156 e. The SMILES string of the molecule is COCC(Cl)CN(C)CCS(=O)(=O)C(C)(C)C. The van der Waals surface area contributed by atoms with Crippen molar-refractivity contribution in [2.24, 2.45) is 0 Å². The van der Waals surface area contributed by atoms with Crippen LogP contribution in [0.25, 0.3) is 0 Å². The van der Waals surface area contributed by atoms with E-state index in [1.54, 1.807) is 27.9 Å². The third-order valence-corrected chi connectivity index (χ3v) is 5.38. The minimum absolute atomic E-state index is 0.109. The molecule has 0 aliphatic heterocycles. The predicted octanol–water partition coefficient (Wildman–Crippen LogP) is 1.39. The maximum absolute atomic E-state index is 11.9. The highest BCUT2D eigenvalue weighted by atomic mass is 35.5. The van der Waals surface area contributed by atoms with Crippen molar-refractivity contribution < 1.29 is 13.2 Å². The molecule has 4 nitrogen and oxygen atoms in total. The van der Waals surface area contributed by atoms with E-state index in [0.29, 0.717) is 19.7 Å². The molecule has 0 bridgehead atoms. The van der Waals surface area contributed by atoms with Gasteiger partial charge in [0, 0.05) is 20.2 Å².